The number of hydrogen-bond acceptors (Lipinski definition) is 7. The first kappa shape index (κ1) is 33.8. The summed E-state index contributed by atoms with van der Waals surface area (Å²) in [7, 11) is -2.07. The topological polar surface area (TPSA) is 108 Å². The lowest BCUT2D eigenvalue weighted by molar-refractivity contribution is -0.165. The number of benzene rings is 2. The average Bonchev–Trinajstić information content (AvgIpc) is 2.86. The number of rotatable bonds is 10. The number of ether oxygens (including phenoxy) is 3. The Morgan fingerprint density at radius 2 is 1.56 bits per heavy atom. The number of alkyl halides is 3. The minimum Gasteiger partial charge on any atom is -0.464 e. The maximum Gasteiger partial charge on any atom is 0.416 e. The van der Waals surface area contributed by atoms with E-state index in [4.69, 9.17) is 14.2 Å². The molecule has 2 aromatic carbocycles. The van der Waals surface area contributed by atoms with Crippen LogP contribution in [0.25, 0.3) is 0 Å². The van der Waals surface area contributed by atoms with Crippen molar-refractivity contribution in [2.75, 3.05) is 6.61 Å². The van der Waals surface area contributed by atoms with Gasteiger partial charge in [0.25, 0.3) is 0 Å². The molecule has 0 saturated carbocycles. The number of carbonyl (C=O) groups is 3. The lowest BCUT2D eigenvalue weighted by atomic mass is 9.80. The van der Waals surface area contributed by atoms with Crippen molar-refractivity contribution in [3.05, 3.63) is 53.6 Å². The summed E-state index contributed by atoms with van der Waals surface area (Å²) in [6.07, 6.45) is -5.11. The van der Waals surface area contributed by atoms with Gasteiger partial charge < -0.3 is 14.2 Å². The van der Waals surface area contributed by atoms with Gasteiger partial charge in [-0.25, -0.2) is 18.6 Å². The fourth-order valence-electron chi connectivity index (χ4n) is 4.23. The molecule has 8 nitrogen and oxygen atoms in total. The van der Waals surface area contributed by atoms with E-state index in [0.29, 0.717) is 0 Å². The molecule has 1 amide bonds. The molecule has 0 aromatic heterocycles. The van der Waals surface area contributed by atoms with Crippen molar-refractivity contribution in [2.45, 2.75) is 88.4 Å². The lowest BCUT2D eigenvalue weighted by Gasteiger charge is -2.36. The van der Waals surface area contributed by atoms with Crippen LogP contribution in [0, 0.1) is 12.8 Å². The molecule has 2 rings (SSSR count). The predicted octanol–water partition coefficient (Wildman–Crippen LogP) is 6.35. The highest BCUT2D eigenvalue weighted by atomic mass is 32.2. The van der Waals surface area contributed by atoms with E-state index in [1.165, 1.54) is 37.3 Å². The zero-order chi connectivity index (χ0) is 31.2. The Hall–Kier alpha value is -3.41. The first-order chi connectivity index (χ1) is 19.0. The molecule has 1 N–H and O–H groups in total. The Morgan fingerprint density at radius 1 is 0.927 bits per heavy atom. The van der Waals surface area contributed by atoms with E-state index in [9.17, 15) is 31.8 Å². The molecule has 12 heteroatoms. The second kappa shape index (κ2) is 13.5. The average molecular weight is 600 g/mol. The number of esters is 2. The molecule has 0 bridgehead atoms. The van der Waals surface area contributed by atoms with Crippen LogP contribution in [-0.4, -0.2) is 40.0 Å². The van der Waals surface area contributed by atoms with Crippen LogP contribution in [-0.2, 0) is 36.0 Å². The van der Waals surface area contributed by atoms with E-state index < -0.39 is 57.6 Å². The zero-order valence-electron chi connectivity index (χ0n) is 24.1. The predicted molar refractivity (Wildman–Crippen MR) is 146 cm³/mol. The van der Waals surface area contributed by atoms with Gasteiger partial charge in [0.1, 0.15) is 11.4 Å². The molecule has 2 atom stereocenters. The van der Waals surface area contributed by atoms with E-state index >= 15 is 0 Å². The molecular weight excluding hydrogens is 563 g/mol. The first-order valence-corrected chi connectivity index (χ1v) is 14.2. The van der Waals surface area contributed by atoms with Crippen LogP contribution in [0.3, 0.4) is 0 Å². The molecule has 0 radical (unpaired) electrons. The van der Waals surface area contributed by atoms with E-state index in [0.717, 1.165) is 12.1 Å². The maximum absolute atomic E-state index is 13.8. The zero-order valence-corrected chi connectivity index (χ0v) is 25.0. The molecule has 226 valence electrons. The van der Waals surface area contributed by atoms with Gasteiger partial charge in [0.2, 0.25) is 5.54 Å². The van der Waals surface area contributed by atoms with Crippen molar-refractivity contribution >= 4 is 28.8 Å². The number of halogens is 3. The highest BCUT2D eigenvalue weighted by molar-refractivity contribution is 7.85. The Labute approximate surface area is 240 Å². The fourth-order valence-corrected chi connectivity index (χ4v) is 5.45. The van der Waals surface area contributed by atoms with E-state index in [1.54, 1.807) is 41.5 Å². The van der Waals surface area contributed by atoms with Crippen LogP contribution in [0.15, 0.2) is 52.3 Å². The van der Waals surface area contributed by atoms with Crippen LogP contribution in [0.2, 0.25) is 0 Å². The summed E-state index contributed by atoms with van der Waals surface area (Å²) in [5.41, 5.74) is -3.90. The van der Waals surface area contributed by atoms with Gasteiger partial charge in [0.15, 0.2) is 0 Å². The monoisotopic (exact) mass is 599 g/mol. The van der Waals surface area contributed by atoms with Gasteiger partial charge in [-0.05, 0) is 89.4 Å². The number of hydrogen-bond donors (Lipinski definition) is 1. The summed E-state index contributed by atoms with van der Waals surface area (Å²) in [5, 5.41) is 2.41. The van der Waals surface area contributed by atoms with E-state index in [1.807, 2.05) is 0 Å². The van der Waals surface area contributed by atoms with Gasteiger partial charge in [-0.3, -0.25) is 5.32 Å². The Morgan fingerprint density at radius 3 is 2.10 bits per heavy atom. The van der Waals surface area contributed by atoms with Crippen molar-refractivity contribution in [3.63, 3.8) is 0 Å². The third-order valence-electron chi connectivity index (χ3n) is 6.04. The first-order valence-electron chi connectivity index (χ1n) is 13.1. The Kier molecular flexibility index (Phi) is 11.1. The third-order valence-corrected chi connectivity index (χ3v) is 7.38. The Bertz CT molecular complexity index is 1290. The van der Waals surface area contributed by atoms with E-state index in [2.05, 4.69) is 5.32 Å². The minimum absolute atomic E-state index is 0.0541. The maximum atomic E-state index is 13.8. The largest absolute Gasteiger partial charge is 0.464 e. The van der Waals surface area contributed by atoms with Gasteiger partial charge in [0, 0.05) is 15.7 Å². The molecule has 0 saturated heterocycles. The SMILES string of the molecule is CCOC(=O)C(NC(=O)OC(C)(C)C)(C(=O)Oc1cccc(S(=O)c2cc(C)cc(C(F)(F)F)c2)c1)C(CC)CC. The molecule has 0 aliphatic carbocycles. The molecule has 0 fully saturated rings. The normalized spacial score (nSPS) is 14.1. The number of nitrogens with one attached hydrogen (secondary N) is 1. The van der Waals surface area contributed by atoms with Crippen molar-refractivity contribution in [3.8, 4) is 5.75 Å². The number of aryl methyl sites for hydroxylation is 1. The molecule has 41 heavy (non-hydrogen) atoms. The van der Waals surface area contributed by atoms with Crippen LogP contribution in [0.5, 0.6) is 5.75 Å². The minimum atomic E-state index is -4.63. The molecule has 0 aliphatic rings. The Balaban J connectivity index is 2.53. The third kappa shape index (κ3) is 8.54. The second-order valence-electron chi connectivity index (χ2n) is 10.3. The van der Waals surface area contributed by atoms with Crippen LogP contribution < -0.4 is 10.1 Å². The molecule has 0 aliphatic heterocycles. The number of amides is 1. The van der Waals surface area contributed by atoms with Crippen LogP contribution >= 0.6 is 0 Å². The standard InChI is InChI=1S/C29H36F3NO7S/c1-8-19(9-2)28(24(34)38-10-3,33-26(36)40-27(5,6)7)25(35)39-21-12-11-13-22(17-21)41(37)23-15-18(4)14-20(16-23)29(30,31)32/h11-17,19H,8-10H2,1-7H3,(H,33,36). The van der Waals surface area contributed by atoms with E-state index in [-0.39, 0.29) is 40.6 Å². The van der Waals surface area contributed by atoms with Crippen LogP contribution in [0.1, 0.15) is 65.5 Å². The van der Waals surface area contributed by atoms with Gasteiger partial charge in [-0.15, -0.1) is 0 Å². The van der Waals surface area contributed by atoms with Gasteiger partial charge in [-0.1, -0.05) is 19.9 Å². The highest BCUT2D eigenvalue weighted by Gasteiger charge is 2.56. The summed E-state index contributed by atoms with van der Waals surface area (Å²) >= 11 is 0. The molecule has 0 spiro atoms. The summed E-state index contributed by atoms with van der Waals surface area (Å²) in [6, 6.07) is 8.50. The number of carbonyl (C=O) groups excluding carboxylic acids is 3. The smallest absolute Gasteiger partial charge is 0.416 e. The molecular formula is C29H36F3NO7S. The van der Waals surface area contributed by atoms with Crippen molar-refractivity contribution in [1.82, 2.24) is 5.32 Å². The molecule has 0 heterocycles. The van der Waals surface area contributed by atoms with Gasteiger partial charge in [0.05, 0.1) is 23.0 Å². The van der Waals surface area contributed by atoms with Crippen molar-refractivity contribution in [2.24, 2.45) is 5.92 Å². The summed E-state index contributed by atoms with van der Waals surface area (Å²) < 4.78 is 69.3. The number of alkyl carbamates (subject to hydrolysis) is 1. The van der Waals surface area contributed by atoms with Gasteiger partial charge >= 0.3 is 24.2 Å². The molecule has 2 unspecified atom stereocenters. The summed E-state index contributed by atoms with van der Waals surface area (Å²) in [5.74, 6) is -3.10. The van der Waals surface area contributed by atoms with Crippen LogP contribution in [0.4, 0.5) is 18.0 Å². The lowest BCUT2D eigenvalue weighted by Crippen LogP contribution is -2.66. The quantitative estimate of drug-likeness (QED) is 0.193. The summed E-state index contributed by atoms with van der Waals surface area (Å²) in [6.45, 7) is 11.2. The molecule has 2 aromatic rings. The second-order valence-corrected chi connectivity index (χ2v) is 11.8. The van der Waals surface area contributed by atoms with Gasteiger partial charge in [-0.2, -0.15) is 13.2 Å². The highest BCUT2D eigenvalue weighted by Crippen LogP contribution is 2.33. The van der Waals surface area contributed by atoms with Crippen molar-refractivity contribution < 1.29 is 46.0 Å². The van der Waals surface area contributed by atoms with Crippen molar-refractivity contribution in [1.29, 1.82) is 0 Å². The fraction of sp³-hybridized carbons (Fsp3) is 0.483. The summed E-state index contributed by atoms with van der Waals surface area (Å²) in [4.78, 5) is 39.9.